The van der Waals surface area contributed by atoms with Gasteiger partial charge in [0.1, 0.15) is 11.2 Å². The molecule has 12 rings (SSSR count). The molecule has 2 nitrogen and oxygen atoms in total. The minimum atomic E-state index is -0.157. The monoisotopic (exact) mass is 779 g/mol. The normalized spacial score (nSPS) is 12.9. The first-order chi connectivity index (χ1) is 30.0. The maximum atomic E-state index is 6.59. The smallest absolute Gasteiger partial charge is 0.136 e. The van der Waals surface area contributed by atoms with E-state index in [1.54, 1.807) is 0 Å². The van der Waals surface area contributed by atoms with Crippen LogP contribution in [-0.4, -0.2) is 0 Å². The minimum Gasteiger partial charge on any atom is -0.456 e. The van der Waals surface area contributed by atoms with E-state index in [9.17, 15) is 0 Å². The average Bonchev–Trinajstić information content (AvgIpc) is 3.81. The van der Waals surface area contributed by atoms with Crippen LogP contribution in [-0.2, 0) is 5.41 Å². The van der Waals surface area contributed by atoms with Gasteiger partial charge in [-0.1, -0.05) is 178 Å². The minimum absolute atomic E-state index is 0.157. The third-order valence-electron chi connectivity index (χ3n) is 13.1. The highest BCUT2D eigenvalue weighted by Crippen LogP contribution is 2.52. The predicted molar refractivity (Wildman–Crippen MR) is 257 cm³/mol. The molecule has 1 aliphatic carbocycles. The molecule has 0 radical (unpaired) electrons. The van der Waals surface area contributed by atoms with Crippen LogP contribution in [0.5, 0.6) is 0 Å². The summed E-state index contributed by atoms with van der Waals surface area (Å²) < 4.78 is 6.59. The third-order valence-corrected chi connectivity index (χ3v) is 13.1. The van der Waals surface area contributed by atoms with Crippen LogP contribution < -0.4 is 4.90 Å². The van der Waals surface area contributed by atoms with Gasteiger partial charge in [0, 0.05) is 33.1 Å². The molecule has 0 saturated heterocycles. The fraction of sp³-hybridized carbons (Fsp3) is 0.0508. The van der Waals surface area contributed by atoms with Gasteiger partial charge in [-0.2, -0.15) is 0 Å². The number of benzene rings is 10. The van der Waals surface area contributed by atoms with E-state index in [0.29, 0.717) is 0 Å². The molecule has 0 aliphatic heterocycles. The van der Waals surface area contributed by atoms with E-state index in [1.165, 1.54) is 66.1 Å². The summed E-state index contributed by atoms with van der Waals surface area (Å²) in [5, 5.41) is 7.26. The van der Waals surface area contributed by atoms with Gasteiger partial charge in [-0.25, -0.2) is 0 Å². The number of anilines is 3. The molecular formula is C59H41NO. The van der Waals surface area contributed by atoms with E-state index < -0.39 is 0 Å². The molecule has 0 bridgehead atoms. The maximum Gasteiger partial charge on any atom is 0.136 e. The van der Waals surface area contributed by atoms with Crippen LogP contribution in [0.2, 0.25) is 0 Å². The summed E-state index contributed by atoms with van der Waals surface area (Å²) in [6, 6.07) is 77.5. The molecule has 0 spiro atoms. The molecular weight excluding hydrogens is 739 g/mol. The SMILES string of the molecule is CC1(C)c2ccccc2-c2ccc(N(c3ccc(-c4cc5ccccc5c5ccccc45)cc3)c3ccc4oc5ccccc5c4c3-c3ccc(-c4ccccc4)cc3)cc21. The predicted octanol–water partition coefficient (Wildman–Crippen LogP) is 16.7. The first kappa shape index (κ1) is 35.3. The summed E-state index contributed by atoms with van der Waals surface area (Å²) in [5.74, 6) is 0. The zero-order valence-electron chi connectivity index (χ0n) is 34.1. The maximum absolute atomic E-state index is 6.59. The first-order valence-electron chi connectivity index (χ1n) is 21.2. The van der Waals surface area contributed by atoms with Gasteiger partial charge in [-0.05, 0) is 120 Å². The van der Waals surface area contributed by atoms with Crippen LogP contribution in [0.25, 0.3) is 88.0 Å². The zero-order chi connectivity index (χ0) is 40.7. The van der Waals surface area contributed by atoms with Gasteiger partial charge in [-0.3, -0.25) is 0 Å². The van der Waals surface area contributed by atoms with Crippen molar-refractivity contribution in [2.75, 3.05) is 4.90 Å². The molecule has 288 valence electrons. The number of para-hydroxylation sites is 1. The van der Waals surface area contributed by atoms with Gasteiger partial charge in [0.2, 0.25) is 0 Å². The molecule has 0 N–H and O–H groups in total. The van der Waals surface area contributed by atoms with Crippen LogP contribution in [0.1, 0.15) is 25.0 Å². The quantitative estimate of drug-likeness (QED) is 0.156. The lowest BCUT2D eigenvalue weighted by Crippen LogP contribution is -2.17. The molecule has 1 aromatic heterocycles. The highest BCUT2D eigenvalue weighted by molar-refractivity contribution is 6.17. The summed E-state index contributed by atoms with van der Waals surface area (Å²) in [5.41, 5.74) is 17.3. The largest absolute Gasteiger partial charge is 0.456 e. The Morgan fingerprint density at radius 1 is 0.377 bits per heavy atom. The molecule has 0 amide bonds. The van der Waals surface area contributed by atoms with Gasteiger partial charge >= 0.3 is 0 Å². The Labute approximate surface area is 355 Å². The average molecular weight is 780 g/mol. The van der Waals surface area contributed by atoms with Crippen LogP contribution in [0.15, 0.2) is 217 Å². The Bertz CT molecular complexity index is 3480. The van der Waals surface area contributed by atoms with Gasteiger partial charge in [0.05, 0.1) is 5.69 Å². The zero-order valence-corrected chi connectivity index (χ0v) is 34.1. The van der Waals surface area contributed by atoms with Crippen molar-refractivity contribution in [3.8, 4) is 44.5 Å². The number of nitrogens with zero attached hydrogens (tertiary/aromatic N) is 1. The van der Waals surface area contributed by atoms with Crippen molar-refractivity contribution in [3.63, 3.8) is 0 Å². The summed E-state index contributed by atoms with van der Waals surface area (Å²) in [6.07, 6.45) is 0. The van der Waals surface area contributed by atoms with Crippen molar-refractivity contribution in [1.29, 1.82) is 0 Å². The van der Waals surface area contributed by atoms with Gasteiger partial charge in [-0.15, -0.1) is 0 Å². The van der Waals surface area contributed by atoms with E-state index in [-0.39, 0.29) is 5.41 Å². The van der Waals surface area contributed by atoms with E-state index in [1.807, 2.05) is 0 Å². The van der Waals surface area contributed by atoms with Crippen LogP contribution in [0, 0.1) is 0 Å². The summed E-state index contributed by atoms with van der Waals surface area (Å²) in [4.78, 5) is 2.46. The molecule has 0 atom stereocenters. The standard InChI is InChI=1S/C59H41NO/c1-59(2)52-22-12-10-20-48(52)49-33-32-44(37-53(49)59)60(43-30-28-40(29-31-43)51-36-42-16-6-7-17-45(42)46-18-8-9-19-47(46)51)54-34-35-56-58(50-21-11-13-23-55(50)61-56)57(54)41-26-24-39(25-27-41)38-14-4-3-5-15-38/h3-37H,1-2H3. The number of furan rings is 1. The second-order valence-corrected chi connectivity index (χ2v) is 16.8. The highest BCUT2D eigenvalue weighted by Gasteiger charge is 2.36. The van der Waals surface area contributed by atoms with E-state index in [2.05, 4.69) is 231 Å². The molecule has 10 aromatic carbocycles. The summed E-state index contributed by atoms with van der Waals surface area (Å²) in [7, 11) is 0. The molecule has 0 unspecified atom stereocenters. The molecule has 1 heterocycles. The van der Waals surface area contributed by atoms with Crippen molar-refractivity contribution in [3.05, 3.63) is 223 Å². The van der Waals surface area contributed by atoms with Gasteiger partial charge < -0.3 is 9.32 Å². The Balaban J connectivity index is 1.10. The Kier molecular flexibility index (Phi) is 7.92. The number of fused-ring (bicyclic) bond motifs is 9. The summed E-state index contributed by atoms with van der Waals surface area (Å²) >= 11 is 0. The van der Waals surface area contributed by atoms with Crippen molar-refractivity contribution >= 4 is 60.5 Å². The second-order valence-electron chi connectivity index (χ2n) is 16.8. The lowest BCUT2D eigenvalue weighted by Gasteiger charge is -2.30. The van der Waals surface area contributed by atoms with E-state index in [4.69, 9.17) is 4.42 Å². The highest BCUT2D eigenvalue weighted by atomic mass is 16.3. The van der Waals surface area contributed by atoms with E-state index in [0.717, 1.165) is 50.1 Å². The van der Waals surface area contributed by atoms with Crippen molar-refractivity contribution in [2.24, 2.45) is 0 Å². The van der Waals surface area contributed by atoms with Crippen molar-refractivity contribution < 1.29 is 4.42 Å². The van der Waals surface area contributed by atoms with Crippen molar-refractivity contribution in [2.45, 2.75) is 19.3 Å². The van der Waals surface area contributed by atoms with Gasteiger partial charge in [0.25, 0.3) is 0 Å². The topological polar surface area (TPSA) is 16.4 Å². The van der Waals surface area contributed by atoms with E-state index >= 15 is 0 Å². The fourth-order valence-corrected chi connectivity index (χ4v) is 10.1. The first-order valence-corrected chi connectivity index (χ1v) is 21.2. The second kappa shape index (κ2) is 13.7. The Hall–Kier alpha value is -7.68. The number of rotatable bonds is 6. The molecule has 61 heavy (non-hydrogen) atoms. The lowest BCUT2D eigenvalue weighted by molar-refractivity contribution is 0.660. The van der Waals surface area contributed by atoms with Crippen molar-refractivity contribution in [1.82, 2.24) is 0 Å². The lowest BCUT2D eigenvalue weighted by atomic mass is 9.82. The van der Waals surface area contributed by atoms with Gasteiger partial charge in [0.15, 0.2) is 0 Å². The molecule has 1 aliphatic rings. The Morgan fingerprint density at radius 2 is 0.984 bits per heavy atom. The molecule has 2 heteroatoms. The van der Waals surface area contributed by atoms with Crippen LogP contribution in [0.4, 0.5) is 17.1 Å². The van der Waals surface area contributed by atoms with Crippen LogP contribution >= 0.6 is 0 Å². The Morgan fingerprint density at radius 3 is 1.80 bits per heavy atom. The third kappa shape index (κ3) is 5.56. The molecule has 0 fully saturated rings. The molecule has 11 aromatic rings. The van der Waals surface area contributed by atoms with Crippen LogP contribution in [0.3, 0.4) is 0 Å². The molecule has 0 saturated carbocycles. The number of hydrogen-bond acceptors (Lipinski definition) is 2. The summed E-state index contributed by atoms with van der Waals surface area (Å²) in [6.45, 7) is 4.72. The number of hydrogen-bond donors (Lipinski definition) is 0. The fourth-order valence-electron chi connectivity index (χ4n) is 10.1.